The number of carbonyl (C=O) groups excluding carboxylic acids is 1. The van der Waals surface area contributed by atoms with Gasteiger partial charge in [0.1, 0.15) is 0 Å². The number of nitrogens with zero attached hydrogens (tertiary/aromatic N) is 4. The molecule has 1 atom stereocenters. The molecule has 0 aromatic heterocycles. The fourth-order valence-electron chi connectivity index (χ4n) is 3.82. The third kappa shape index (κ3) is 5.00. The Morgan fingerprint density at radius 3 is 2.40 bits per heavy atom. The van der Waals surface area contributed by atoms with Crippen molar-refractivity contribution in [3.8, 4) is 0 Å². The lowest BCUT2D eigenvalue weighted by molar-refractivity contribution is -0.384. The Labute approximate surface area is 214 Å². The van der Waals surface area contributed by atoms with Crippen LogP contribution in [0.15, 0.2) is 87.8 Å². The minimum Gasteiger partial charge on any atom is -0.266 e. The highest BCUT2D eigenvalue weighted by atomic mass is 35.5. The maximum Gasteiger partial charge on any atom is 0.286 e. The Kier molecular flexibility index (Phi) is 6.42. The number of amides is 1. The van der Waals surface area contributed by atoms with Crippen molar-refractivity contribution in [3.05, 3.63) is 115 Å². The van der Waals surface area contributed by atoms with Crippen LogP contribution in [0.3, 0.4) is 0 Å². The van der Waals surface area contributed by atoms with Gasteiger partial charge in [-0.15, -0.1) is 0 Å². The molecule has 10 heteroatoms. The summed E-state index contributed by atoms with van der Waals surface area (Å²) < 4.78 is 0. The number of halogens is 2. The van der Waals surface area contributed by atoms with Gasteiger partial charge in [0.15, 0.2) is 5.17 Å². The molecule has 5 rings (SSSR count). The predicted molar refractivity (Wildman–Crippen MR) is 140 cm³/mol. The molecule has 0 aliphatic carbocycles. The molecule has 2 heterocycles. The van der Waals surface area contributed by atoms with E-state index in [1.165, 1.54) is 23.9 Å². The number of benzene rings is 3. The van der Waals surface area contributed by atoms with Crippen LogP contribution in [-0.2, 0) is 4.79 Å². The van der Waals surface area contributed by atoms with Gasteiger partial charge in [-0.2, -0.15) is 10.1 Å². The first-order chi connectivity index (χ1) is 16.9. The molecule has 0 fully saturated rings. The number of hydrazone groups is 1. The van der Waals surface area contributed by atoms with Crippen molar-refractivity contribution in [3.63, 3.8) is 0 Å². The summed E-state index contributed by atoms with van der Waals surface area (Å²) >= 11 is 13.3. The smallest absolute Gasteiger partial charge is 0.266 e. The Bertz CT molecular complexity index is 1420. The third-order valence-corrected chi connectivity index (χ3v) is 7.00. The highest BCUT2D eigenvalue weighted by Gasteiger charge is 2.36. The maximum atomic E-state index is 12.7. The lowest BCUT2D eigenvalue weighted by atomic mass is 9.99. The Hall–Kier alpha value is -3.46. The lowest BCUT2D eigenvalue weighted by Crippen LogP contribution is -2.23. The largest absolute Gasteiger partial charge is 0.286 e. The van der Waals surface area contributed by atoms with Crippen LogP contribution in [0.4, 0.5) is 5.69 Å². The fourth-order valence-corrected chi connectivity index (χ4v) is 4.99. The number of hydrogen-bond acceptors (Lipinski definition) is 6. The maximum absolute atomic E-state index is 12.7. The van der Waals surface area contributed by atoms with Crippen molar-refractivity contribution < 1.29 is 9.72 Å². The van der Waals surface area contributed by atoms with Gasteiger partial charge in [0.25, 0.3) is 11.6 Å². The number of nitro benzene ring substituents is 1. The topological polar surface area (TPSA) is 88.2 Å². The number of rotatable bonds is 4. The van der Waals surface area contributed by atoms with Gasteiger partial charge in [-0.1, -0.05) is 59.6 Å². The third-order valence-electron chi connectivity index (χ3n) is 5.53. The summed E-state index contributed by atoms with van der Waals surface area (Å²) in [4.78, 5) is 28.0. The van der Waals surface area contributed by atoms with E-state index >= 15 is 0 Å². The van der Waals surface area contributed by atoms with Gasteiger partial charge in [-0.3, -0.25) is 14.9 Å². The first-order valence-electron chi connectivity index (χ1n) is 10.5. The molecular weight excluding hydrogens is 507 g/mol. The van der Waals surface area contributed by atoms with E-state index in [2.05, 4.69) is 4.99 Å². The van der Waals surface area contributed by atoms with Crippen LogP contribution in [-0.4, -0.2) is 26.7 Å². The van der Waals surface area contributed by atoms with Crippen LogP contribution in [0.1, 0.15) is 29.2 Å². The summed E-state index contributed by atoms with van der Waals surface area (Å²) in [6, 6.07) is 20.9. The average molecular weight is 523 g/mol. The van der Waals surface area contributed by atoms with Gasteiger partial charge in [-0.25, -0.2) is 5.01 Å². The molecule has 174 valence electrons. The number of aliphatic imine (C=N–C) groups is 1. The Balaban J connectivity index is 1.47. The molecule has 0 saturated heterocycles. The predicted octanol–water partition coefficient (Wildman–Crippen LogP) is 6.72. The van der Waals surface area contributed by atoms with Crippen molar-refractivity contribution in [1.82, 2.24) is 5.01 Å². The first kappa shape index (κ1) is 23.3. The van der Waals surface area contributed by atoms with Gasteiger partial charge < -0.3 is 0 Å². The van der Waals surface area contributed by atoms with E-state index in [-0.39, 0.29) is 11.7 Å². The van der Waals surface area contributed by atoms with E-state index < -0.39 is 10.8 Å². The minimum absolute atomic E-state index is 0.0458. The zero-order valence-corrected chi connectivity index (χ0v) is 20.3. The number of nitro groups is 1. The standard InChI is InChI=1S/C25H16Cl2N4O3S/c26-18-8-4-16(5-9-18)21-14-22(17-6-10-19(27)11-7-17)30(29-21)25-28-24(32)23(35-25)13-15-2-1-3-20(12-15)31(33)34/h1-13,22H,14H2/b23-13+. The molecule has 0 bridgehead atoms. The highest BCUT2D eigenvalue weighted by Crippen LogP contribution is 2.40. The second kappa shape index (κ2) is 9.65. The normalized spacial score (nSPS) is 18.7. The van der Waals surface area contributed by atoms with E-state index in [9.17, 15) is 14.9 Å². The van der Waals surface area contributed by atoms with E-state index in [1.807, 2.05) is 48.5 Å². The molecule has 0 N–H and O–H groups in total. The number of non-ortho nitro benzene ring substituents is 1. The van der Waals surface area contributed by atoms with Crippen LogP contribution in [0.2, 0.25) is 10.0 Å². The van der Waals surface area contributed by atoms with Crippen LogP contribution in [0.25, 0.3) is 6.08 Å². The van der Waals surface area contributed by atoms with Gasteiger partial charge in [-0.05, 0) is 58.8 Å². The van der Waals surface area contributed by atoms with Gasteiger partial charge >= 0.3 is 0 Å². The van der Waals surface area contributed by atoms with Crippen molar-refractivity contribution in [1.29, 1.82) is 0 Å². The molecule has 0 saturated carbocycles. The summed E-state index contributed by atoms with van der Waals surface area (Å²) in [6.07, 6.45) is 2.20. The Morgan fingerprint density at radius 1 is 1.03 bits per heavy atom. The van der Waals surface area contributed by atoms with Gasteiger partial charge in [0.05, 0.1) is 21.6 Å². The second-order valence-corrected chi connectivity index (χ2v) is 9.71. The van der Waals surface area contributed by atoms with E-state index in [1.54, 1.807) is 23.2 Å². The quantitative estimate of drug-likeness (QED) is 0.215. The fraction of sp³-hybridized carbons (Fsp3) is 0.0800. The molecule has 3 aromatic carbocycles. The summed E-state index contributed by atoms with van der Waals surface area (Å²) in [6.45, 7) is 0. The lowest BCUT2D eigenvalue weighted by Gasteiger charge is -2.22. The minimum atomic E-state index is -0.471. The molecule has 1 unspecified atom stereocenters. The summed E-state index contributed by atoms with van der Waals surface area (Å²) in [5, 5.41) is 19.4. The molecule has 2 aliphatic rings. The highest BCUT2D eigenvalue weighted by molar-refractivity contribution is 8.18. The molecule has 0 radical (unpaired) electrons. The van der Waals surface area contributed by atoms with Crippen LogP contribution >= 0.6 is 35.0 Å². The average Bonchev–Trinajstić information content (AvgIpc) is 3.44. The molecule has 3 aromatic rings. The van der Waals surface area contributed by atoms with E-state index in [0.29, 0.717) is 32.1 Å². The van der Waals surface area contributed by atoms with Crippen molar-refractivity contribution in [2.75, 3.05) is 0 Å². The first-order valence-corrected chi connectivity index (χ1v) is 12.1. The van der Waals surface area contributed by atoms with Gasteiger partial charge in [0.2, 0.25) is 0 Å². The molecule has 1 amide bonds. The molecular formula is C25H16Cl2N4O3S. The van der Waals surface area contributed by atoms with Crippen LogP contribution < -0.4 is 0 Å². The number of amidine groups is 1. The van der Waals surface area contributed by atoms with Gasteiger partial charge in [0, 0.05) is 28.6 Å². The molecule has 0 spiro atoms. The van der Waals surface area contributed by atoms with Crippen LogP contribution in [0.5, 0.6) is 0 Å². The molecule has 35 heavy (non-hydrogen) atoms. The Morgan fingerprint density at radius 2 is 1.71 bits per heavy atom. The number of hydrogen-bond donors (Lipinski definition) is 0. The van der Waals surface area contributed by atoms with Crippen molar-refractivity contribution >= 4 is 63.5 Å². The number of thioether (sulfide) groups is 1. The monoisotopic (exact) mass is 522 g/mol. The van der Waals surface area contributed by atoms with Crippen molar-refractivity contribution in [2.45, 2.75) is 12.5 Å². The summed E-state index contributed by atoms with van der Waals surface area (Å²) in [5.41, 5.74) is 3.25. The van der Waals surface area contributed by atoms with E-state index in [4.69, 9.17) is 28.3 Å². The number of carbonyl (C=O) groups is 1. The second-order valence-electron chi connectivity index (χ2n) is 7.83. The SMILES string of the molecule is O=C1N=C(N2N=C(c3ccc(Cl)cc3)CC2c2ccc(Cl)cc2)S/C1=C/c1cccc([N+](=O)[O-])c1. The molecule has 7 nitrogen and oxygen atoms in total. The van der Waals surface area contributed by atoms with Crippen molar-refractivity contribution in [2.24, 2.45) is 10.1 Å². The summed E-state index contributed by atoms with van der Waals surface area (Å²) in [7, 11) is 0. The van der Waals surface area contributed by atoms with Crippen LogP contribution in [0, 0.1) is 10.1 Å². The zero-order valence-electron chi connectivity index (χ0n) is 18.0. The summed E-state index contributed by atoms with van der Waals surface area (Å²) in [5.74, 6) is -0.415. The zero-order chi connectivity index (χ0) is 24.5. The van der Waals surface area contributed by atoms with E-state index in [0.717, 1.165) is 16.8 Å². The molecule has 2 aliphatic heterocycles.